The number of amides is 1. The summed E-state index contributed by atoms with van der Waals surface area (Å²) in [5.74, 6) is 2.35. The van der Waals surface area contributed by atoms with Crippen LogP contribution in [-0.4, -0.2) is 69.8 Å². The minimum Gasteiger partial charge on any atom is -0.496 e. The van der Waals surface area contributed by atoms with Crippen LogP contribution in [0.3, 0.4) is 0 Å². The first-order valence-corrected chi connectivity index (χ1v) is 10.1. The van der Waals surface area contributed by atoms with E-state index >= 15 is 0 Å². The maximum Gasteiger partial charge on any atom is 0.257 e. The van der Waals surface area contributed by atoms with Crippen molar-refractivity contribution in [1.82, 2.24) is 9.80 Å². The Morgan fingerprint density at radius 1 is 0.867 bits per heavy atom. The molecule has 0 spiro atoms. The van der Waals surface area contributed by atoms with E-state index in [0.29, 0.717) is 42.5 Å². The third-order valence-electron chi connectivity index (χ3n) is 5.24. The lowest BCUT2D eigenvalue weighted by molar-refractivity contribution is 0.0625. The second-order valence-electron chi connectivity index (χ2n) is 7.05. The Balaban J connectivity index is 1.62. The van der Waals surface area contributed by atoms with Crippen LogP contribution in [0, 0.1) is 0 Å². The molecule has 0 aromatic heterocycles. The highest BCUT2D eigenvalue weighted by molar-refractivity contribution is 5.98. The first kappa shape index (κ1) is 21.8. The molecule has 7 heteroatoms. The minimum atomic E-state index is -0.0616. The van der Waals surface area contributed by atoms with Gasteiger partial charge in [0.05, 0.1) is 33.5 Å². The highest BCUT2D eigenvalue weighted by atomic mass is 16.5. The Morgan fingerprint density at radius 2 is 1.47 bits per heavy atom. The molecule has 3 rings (SSSR count). The standard InChI is InChI=1S/C23H30N2O5/c1-5-30-18-8-6-17(7-9-18)16-24-10-12-25(13-11-24)23(26)19-14-21(28-3)22(29-4)15-20(19)27-2/h6-9,14-15H,5,10-13,16H2,1-4H3. The molecule has 1 aliphatic heterocycles. The molecular formula is C23H30N2O5. The molecule has 0 radical (unpaired) electrons. The summed E-state index contributed by atoms with van der Waals surface area (Å²) in [5, 5.41) is 0. The van der Waals surface area contributed by atoms with E-state index < -0.39 is 0 Å². The van der Waals surface area contributed by atoms with Crippen LogP contribution in [0.15, 0.2) is 36.4 Å². The van der Waals surface area contributed by atoms with Gasteiger partial charge in [0.25, 0.3) is 5.91 Å². The van der Waals surface area contributed by atoms with Gasteiger partial charge in [0.1, 0.15) is 11.5 Å². The fourth-order valence-corrected chi connectivity index (χ4v) is 3.59. The van der Waals surface area contributed by atoms with Crippen LogP contribution in [0.1, 0.15) is 22.8 Å². The molecule has 162 valence electrons. The Kier molecular flexibility index (Phi) is 7.41. The van der Waals surface area contributed by atoms with Gasteiger partial charge in [-0.1, -0.05) is 12.1 Å². The maximum atomic E-state index is 13.1. The van der Waals surface area contributed by atoms with Crippen molar-refractivity contribution in [3.63, 3.8) is 0 Å². The molecular weight excluding hydrogens is 384 g/mol. The SMILES string of the molecule is CCOc1ccc(CN2CCN(C(=O)c3cc(OC)c(OC)cc3OC)CC2)cc1. The quantitative estimate of drug-likeness (QED) is 0.662. The normalized spacial score (nSPS) is 14.3. The number of carbonyl (C=O) groups excluding carboxylic acids is 1. The monoisotopic (exact) mass is 414 g/mol. The number of hydrogen-bond donors (Lipinski definition) is 0. The molecule has 0 N–H and O–H groups in total. The van der Waals surface area contributed by atoms with Crippen molar-refractivity contribution in [2.45, 2.75) is 13.5 Å². The lowest BCUT2D eigenvalue weighted by Gasteiger charge is -2.35. The zero-order valence-electron chi connectivity index (χ0n) is 18.1. The molecule has 0 atom stereocenters. The topological polar surface area (TPSA) is 60.5 Å². The van der Waals surface area contributed by atoms with E-state index in [9.17, 15) is 4.79 Å². The van der Waals surface area contributed by atoms with Crippen LogP contribution in [0.5, 0.6) is 23.0 Å². The Hall–Kier alpha value is -2.93. The molecule has 1 saturated heterocycles. The summed E-state index contributed by atoms with van der Waals surface area (Å²) in [4.78, 5) is 17.3. The molecule has 7 nitrogen and oxygen atoms in total. The fraction of sp³-hybridized carbons (Fsp3) is 0.435. The third kappa shape index (κ3) is 4.97. The van der Waals surface area contributed by atoms with Crippen molar-refractivity contribution in [3.05, 3.63) is 47.5 Å². The van der Waals surface area contributed by atoms with Crippen molar-refractivity contribution in [1.29, 1.82) is 0 Å². The molecule has 0 bridgehead atoms. The Bertz CT molecular complexity index is 845. The van der Waals surface area contributed by atoms with E-state index in [2.05, 4.69) is 17.0 Å². The number of ether oxygens (including phenoxy) is 4. The van der Waals surface area contributed by atoms with Crippen LogP contribution in [-0.2, 0) is 6.54 Å². The van der Waals surface area contributed by atoms with Gasteiger partial charge in [0.15, 0.2) is 11.5 Å². The summed E-state index contributed by atoms with van der Waals surface area (Å²) in [5.41, 5.74) is 1.72. The lowest BCUT2D eigenvalue weighted by Crippen LogP contribution is -2.48. The number of hydrogen-bond acceptors (Lipinski definition) is 6. The first-order chi connectivity index (χ1) is 14.6. The average Bonchev–Trinajstić information content (AvgIpc) is 2.79. The van der Waals surface area contributed by atoms with Gasteiger partial charge in [0.2, 0.25) is 0 Å². The van der Waals surface area contributed by atoms with E-state index in [0.717, 1.165) is 25.4 Å². The predicted molar refractivity (Wildman–Crippen MR) is 115 cm³/mol. The summed E-state index contributed by atoms with van der Waals surface area (Å²) in [6, 6.07) is 11.6. The summed E-state index contributed by atoms with van der Waals surface area (Å²) >= 11 is 0. The van der Waals surface area contributed by atoms with Gasteiger partial charge in [-0.2, -0.15) is 0 Å². The number of benzene rings is 2. The molecule has 1 heterocycles. The van der Waals surface area contributed by atoms with Crippen LogP contribution in [0.25, 0.3) is 0 Å². The minimum absolute atomic E-state index is 0.0616. The van der Waals surface area contributed by atoms with Crippen molar-refractivity contribution in [2.24, 2.45) is 0 Å². The second kappa shape index (κ2) is 10.2. The number of carbonyl (C=O) groups is 1. The number of rotatable bonds is 8. The van der Waals surface area contributed by atoms with Crippen molar-refractivity contribution in [2.75, 3.05) is 54.1 Å². The van der Waals surface area contributed by atoms with Crippen LogP contribution in [0.2, 0.25) is 0 Å². The van der Waals surface area contributed by atoms with Crippen LogP contribution >= 0.6 is 0 Å². The van der Waals surface area contributed by atoms with Gasteiger partial charge >= 0.3 is 0 Å². The molecule has 1 amide bonds. The molecule has 2 aromatic rings. The molecule has 2 aromatic carbocycles. The molecule has 0 unspecified atom stereocenters. The molecule has 0 saturated carbocycles. The maximum absolute atomic E-state index is 13.1. The van der Waals surface area contributed by atoms with Gasteiger partial charge in [-0.3, -0.25) is 9.69 Å². The smallest absolute Gasteiger partial charge is 0.257 e. The van der Waals surface area contributed by atoms with Gasteiger partial charge in [-0.05, 0) is 24.6 Å². The second-order valence-corrected chi connectivity index (χ2v) is 7.05. The third-order valence-corrected chi connectivity index (χ3v) is 5.24. The van der Waals surface area contributed by atoms with Crippen LogP contribution in [0.4, 0.5) is 0 Å². The van der Waals surface area contributed by atoms with E-state index in [1.807, 2.05) is 24.0 Å². The molecule has 30 heavy (non-hydrogen) atoms. The summed E-state index contributed by atoms with van der Waals surface area (Å²) < 4.78 is 21.6. The highest BCUT2D eigenvalue weighted by Crippen LogP contribution is 2.35. The number of nitrogens with zero attached hydrogens (tertiary/aromatic N) is 2. The molecule has 1 fully saturated rings. The summed E-state index contributed by atoms with van der Waals surface area (Å²) in [6.07, 6.45) is 0. The highest BCUT2D eigenvalue weighted by Gasteiger charge is 2.26. The zero-order chi connectivity index (χ0) is 21.5. The van der Waals surface area contributed by atoms with Crippen LogP contribution < -0.4 is 18.9 Å². The van der Waals surface area contributed by atoms with E-state index in [1.54, 1.807) is 33.5 Å². The van der Waals surface area contributed by atoms with Gasteiger partial charge in [0, 0.05) is 44.9 Å². The van der Waals surface area contributed by atoms with Crippen molar-refractivity contribution < 1.29 is 23.7 Å². The van der Waals surface area contributed by atoms with E-state index in [4.69, 9.17) is 18.9 Å². The van der Waals surface area contributed by atoms with Gasteiger partial charge in [-0.25, -0.2) is 0 Å². The van der Waals surface area contributed by atoms with Crippen molar-refractivity contribution >= 4 is 5.91 Å². The fourth-order valence-electron chi connectivity index (χ4n) is 3.59. The largest absolute Gasteiger partial charge is 0.496 e. The Labute approximate surface area is 178 Å². The molecule has 1 aliphatic rings. The van der Waals surface area contributed by atoms with Gasteiger partial charge in [-0.15, -0.1) is 0 Å². The summed E-state index contributed by atoms with van der Waals surface area (Å²) in [7, 11) is 4.66. The Morgan fingerprint density at radius 3 is 2.03 bits per heavy atom. The molecule has 0 aliphatic carbocycles. The number of piperazine rings is 1. The predicted octanol–water partition coefficient (Wildman–Crippen LogP) is 3.07. The van der Waals surface area contributed by atoms with E-state index in [1.165, 1.54) is 5.56 Å². The van der Waals surface area contributed by atoms with E-state index in [-0.39, 0.29) is 5.91 Å². The lowest BCUT2D eigenvalue weighted by atomic mass is 10.1. The zero-order valence-corrected chi connectivity index (χ0v) is 18.1. The van der Waals surface area contributed by atoms with Crippen molar-refractivity contribution in [3.8, 4) is 23.0 Å². The number of methoxy groups -OCH3 is 3. The summed E-state index contributed by atoms with van der Waals surface area (Å²) in [6.45, 7) is 6.45. The average molecular weight is 415 g/mol. The van der Waals surface area contributed by atoms with Gasteiger partial charge < -0.3 is 23.8 Å². The first-order valence-electron chi connectivity index (χ1n) is 10.1.